The van der Waals surface area contributed by atoms with Crippen LogP contribution >= 0.6 is 21.6 Å². The summed E-state index contributed by atoms with van der Waals surface area (Å²) >= 11 is 0. The molecule has 0 radical (unpaired) electrons. The fourth-order valence-corrected chi connectivity index (χ4v) is 7.22. The van der Waals surface area contributed by atoms with E-state index in [1.807, 2.05) is 42.5 Å². The number of benzene rings is 2. The van der Waals surface area contributed by atoms with E-state index in [1.54, 1.807) is 13.2 Å². The van der Waals surface area contributed by atoms with E-state index in [2.05, 4.69) is 21.6 Å². The fourth-order valence-electron chi connectivity index (χ4n) is 4.93. The van der Waals surface area contributed by atoms with Crippen molar-refractivity contribution in [3.63, 3.8) is 0 Å². The molecule has 2 rings (SSSR count). The van der Waals surface area contributed by atoms with E-state index in [0.29, 0.717) is 17.9 Å². The van der Waals surface area contributed by atoms with Crippen LogP contribution in [0.2, 0.25) is 0 Å². The summed E-state index contributed by atoms with van der Waals surface area (Å²) in [6.45, 7) is 1.47. The molecule has 0 amide bonds. The van der Waals surface area contributed by atoms with Crippen molar-refractivity contribution in [2.24, 2.45) is 0 Å². The summed E-state index contributed by atoms with van der Waals surface area (Å²) in [5.41, 5.74) is 0.641. The van der Waals surface area contributed by atoms with E-state index >= 15 is 0 Å². The number of carbonyl (C=O) groups is 1. The molecule has 2 aromatic rings. The average molecular weight is 617 g/mol. The first-order chi connectivity index (χ1) is 20.8. The molecule has 42 heavy (non-hydrogen) atoms. The molecule has 4 nitrogen and oxygen atoms in total. The zero-order valence-electron chi connectivity index (χ0n) is 26.2. The summed E-state index contributed by atoms with van der Waals surface area (Å²) in [5.74, 6) is 5.00. The highest BCUT2D eigenvalue weighted by Gasteiger charge is 2.03. The number of ether oxygens (including phenoxy) is 3. The van der Waals surface area contributed by atoms with Crippen molar-refractivity contribution in [3.05, 3.63) is 54.1 Å². The number of rotatable bonds is 29. The molecule has 0 aliphatic rings. The molecule has 0 N–H and O–H groups in total. The summed E-state index contributed by atoms with van der Waals surface area (Å²) < 4.78 is 16.9. The van der Waals surface area contributed by atoms with E-state index in [-0.39, 0.29) is 0 Å². The Morgan fingerprint density at radius 2 is 0.881 bits per heavy atom. The monoisotopic (exact) mass is 616 g/mol. The van der Waals surface area contributed by atoms with Gasteiger partial charge in [0.1, 0.15) is 5.75 Å². The molecular weight excluding hydrogens is 561 g/mol. The molecule has 0 fully saturated rings. The second-order valence-electron chi connectivity index (χ2n) is 11.0. The highest BCUT2D eigenvalue weighted by Crippen LogP contribution is 2.26. The third-order valence-electron chi connectivity index (χ3n) is 7.46. The molecule has 0 spiro atoms. The fraction of sp³-hybridized carbons (Fsp3) is 0.639. The van der Waals surface area contributed by atoms with Gasteiger partial charge in [0.25, 0.3) is 0 Å². The van der Waals surface area contributed by atoms with Gasteiger partial charge in [0, 0.05) is 11.5 Å². The summed E-state index contributed by atoms with van der Waals surface area (Å²) in [4.78, 5) is 11.0. The van der Waals surface area contributed by atoms with Crippen LogP contribution in [-0.4, -0.2) is 38.1 Å². The average Bonchev–Trinajstić information content (AvgIpc) is 3.03. The van der Waals surface area contributed by atoms with E-state index in [0.717, 1.165) is 37.2 Å². The zero-order chi connectivity index (χ0) is 29.8. The van der Waals surface area contributed by atoms with Gasteiger partial charge >= 0.3 is 0 Å². The van der Waals surface area contributed by atoms with Crippen LogP contribution in [0, 0.1) is 0 Å². The van der Waals surface area contributed by atoms with E-state index in [1.165, 1.54) is 114 Å². The Bertz CT molecular complexity index is 907. The Morgan fingerprint density at radius 1 is 0.500 bits per heavy atom. The normalized spacial score (nSPS) is 11.0. The maximum Gasteiger partial charge on any atom is 0.161 e. The Balaban J connectivity index is 1.21. The Morgan fingerprint density at radius 3 is 1.36 bits per heavy atom. The van der Waals surface area contributed by atoms with Gasteiger partial charge in [-0.15, -0.1) is 0 Å². The van der Waals surface area contributed by atoms with Crippen molar-refractivity contribution in [2.75, 3.05) is 31.8 Å². The highest BCUT2D eigenvalue weighted by molar-refractivity contribution is 8.76. The van der Waals surface area contributed by atoms with E-state index in [4.69, 9.17) is 14.2 Å². The van der Waals surface area contributed by atoms with Gasteiger partial charge in [-0.2, -0.15) is 0 Å². The number of para-hydroxylation sites is 3. The Labute approximate surface area is 264 Å². The topological polar surface area (TPSA) is 44.8 Å². The van der Waals surface area contributed by atoms with Gasteiger partial charge in [0.15, 0.2) is 17.8 Å². The van der Waals surface area contributed by atoms with Gasteiger partial charge in [-0.25, -0.2) is 0 Å². The largest absolute Gasteiger partial charge is 0.493 e. The molecule has 0 aromatic heterocycles. The minimum atomic E-state index is 0.641. The molecule has 0 aliphatic carbocycles. The van der Waals surface area contributed by atoms with Crippen molar-refractivity contribution in [3.8, 4) is 17.2 Å². The molecular formula is C36H56O4S2. The van der Waals surface area contributed by atoms with Crippen LogP contribution in [0.3, 0.4) is 0 Å². The Hall–Kier alpha value is -1.79. The zero-order valence-corrected chi connectivity index (χ0v) is 27.8. The van der Waals surface area contributed by atoms with Crippen molar-refractivity contribution >= 4 is 27.9 Å². The lowest BCUT2D eigenvalue weighted by Gasteiger charge is -2.10. The van der Waals surface area contributed by atoms with Crippen LogP contribution in [-0.2, 0) is 0 Å². The van der Waals surface area contributed by atoms with Gasteiger partial charge in [-0.1, -0.05) is 136 Å². The van der Waals surface area contributed by atoms with Gasteiger partial charge < -0.3 is 14.2 Å². The summed E-state index contributed by atoms with van der Waals surface area (Å²) in [6, 6.07) is 15.3. The first-order valence-corrected chi connectivity index (χ1v) is 19.0. The van der Waals surface area contributed by atoms with Crippen molar-refractivity contribution < 1.29 is 19.0 Å². The lowest BCUT2D eigenvalue weighted by atomic mass is 10.1. The first kappa shape index (κ1) is 36.4. The number of aldehydes is 1. The smallest absolute Gasteiger partial charge is 0.161 e. The number of hydrogen-bond donors (Lipinski definition) is 0. The molecule has 236 valence electrons. The molecule has 0 saturated carbocycles. The van der Waals surface area contributed by atoms with Crippen LogP contribution in [0.5, 0.6) is 17.2 Å². The van der Waals surface area contributed by atoms with Crippen molar-refractivity contribution in [2.45, 2.75) is 116 Å². The third-order valence-corrected chi connectivity index (χ3v) is 10.0. The van der Waals surface area contributed by atoms with Crippen LogP contribution < -0.4 is 14.2 Å². The van der Waals surface area contributed by atoms with E-state index < -0.39 is 0 Å². The maximum absolute atomic E-state index is 11.0. The molecule has 0 aliphatic heterocycles. The minimum absolute atomic E-state index is 0.641. The predicted octanol–water partition coefficient (Wildman–Crippen LogP) is 11.4. The Kier molecular flexibility index (Phi) is 23.2. The summed E-state index contributed by atoms with van der Waals surface area (Å²) in [5, 5.41) is 0. The number of unbranched alkanes of at least 4 members (excludes halogenated alkanes) is 16. The lowest BCUT2D eigenvalue weighted by Crippen LogP contribution is -1.99. The van der Waals surface area contributed by atoms with Gasteiger partial charge in [0.2, 0.25) is 0 Å². The standard InChI is InChI=1S/C36H56O4S2/c1-38-35-26-18-19-27-36(35)40-29-21-13-9-5-3-7-11-15-23-31-42-41-30-22-14-10-6-2-4-8-12-20-28-39-34-25-17-16-24-33(34)32-37/h16-19,24-27,32H,2-15,20-23,28-31H2,1H3. The lowest BCUT2D eigenvalue weighted by molar-refractivity contribution is 0.111. The highest BCUT2D eigenvalue weighted by atomic mass is 33.1. The molecule has 0 unspecified atom stereocenters. The molecule has 0 atom stereocenters. The molecule has 0 bridgehead atoms. The van der Waals surface area contributed by atoms with E-state index in [9.17, 15) is 4.79 Å². The van der Waals surface area contributed by atoms with Gasteiger partial charge in [-0.3, -0.25) is 4.79 Å². The summed E-state index contributed by atoms with van der Waals surface area (Å²) in [6.07, 6.45) is 24.6. The summed E-state index contributed by atoms with van der Waals surface area (Å²) in [7, 11) is 5.86. The van der Waals surface area contributed by atoms with Crippen LogP contribution in [0.15, 0.2) is 48.5 Å². The maximum atomic E-state index is 11.0. The third kappa shape index (κ3) is 18.7. The molecule has 2 aromatic carbocycles. The minimum Gasteiger partial charge on any atom is -0.493 e. The predicted molar refractivity (Wildman–Crippen MR) is 184 cm³/mol. The van der Waals surface area contributed by atoms with Crippen LogP contribution in [0.4, 0.5) is 0 Å². The second-order valence-corrected chi connectivity index (χ2v) is 13.7. The van der Waals surface area contributed by atoms with Gasteiger partial charge in [-0.05, 0) is 49.9 Å². The van der Waals surface area contributed by atoms with Crippen LogP contribution in [0.25, 0.3) is 0 Å². The van der Waals surface area contributed by atoms with Crippen molar-refractivity contribution in [1.29, 1.82) is 0 Å². The quantitative estimate of drug-likeness (QED) is 0.0515. The molecule has 0 heterocycles. The second kappa shape index (κ2) is 26.8. The SMILES string of the molecule is COc1ccccc1OCCCCCCCCCCCSSCCCCCCCCCCCOc1ccccc1C=O. The number of carbonyl (C=O) groups excluding carboxylic acids is 1. The first-order valence-electron chi connectivity index (χ1n) is 16.5. The number of hydrogen-bond acceptors (Lipinski definition) is 6. The molecule has 0 saturated heterocycles. The molecule has 6 heteroatoms. The van der Waals surface area contributed by atoms with Crippen molar-refractivity contribution in [1.82, 2.24) is 0 Å². The van der Waals surface area contributed by atoms with Gasteiger partial charge in [0.05, 0.1) is 25.9 Å². The van der Waals surface area contributed by atoms with Crippen LogP contribution in [0.1, 0.15) is 126 Å². The number of methoxy groups -OCH3 is 1.